The van der Waals surface area contributed by atoms with Crippen LogP contribution in [-0.4, -0.2) is 31.1 Å². The molecule has 2 fully saturated rings. The van der Waals surface area contributed by atoms with Crippen LogP contribution in [0.15, 0.2) is 18.2 Å². The van der Waals surface area contributed by atoms with Gasteiger partial charge in [-0.1, -0.05) is 18.0 Å². The van der Waals surface area contributed by atoms with Crippen molar-refractivity contribution >= 4 is 36.4 Å². The molecule has 0 spiro atoms. The molecule has 1 aliphatic heterocycles. The number of hydrogen-bond donors (Lipinski definition) is 1. The van der Waals surface area contributed by atoms with Gasteiger partial charge in [0, 0.05) is 37.2 Å². The lowest BCUT2D eigenvalue weighted by Crippen LogP contribution is -2.47. The highest BCUT2D eigenvalue weighted by atomic mass is 35.5. The SMILES string of the molecule is Cl.Cl.FC(F)(F)c1cc(Cl)cc([C@@H](C2CCC2)N2CCNCC2)c1. The zero-order valence-corrected chi connectivity index (χ0v) is 15.5. The summed E-state index contributed by atoms with van der Waals surface area (Å²) in [5, 5.41) is 3.47. The van der Waals surface area contributed by atoms with Crippen LogP contribution in [0.3, 0.4) is 0 Å². The summed E-state index contributed by atoms with van der Waals surface area (Å²) in [7, 11) is 0. The van der Waals surface area contributed by atoms with Crippen LogP contribution in [0, 0.1) is 5.92 Å². The van der Waals surface area contributed by atoms with Crippen molar-refractivity contribution in [1.29, 1.82) is 0 Å². The van der Waals surface area contributed by atoms with Crippen molar-refractivity contribution in [3.8, 4) is 0 Å². The van der Waals surface area contributed by atoms with E-state index < -0.39 is 11.7 Å². The van der Waals surface area contributed by atoms with Gasteiger partial charge in [-0.25, -0.2) is 0 Å². The Morgan fingerprint density at radius 3 is 2.21 bits per heavy atom. The average Bonchev–Trinajstić information content (AvgIpc) is 2.42. The van der Waals surface area contributed by atoms with E-state index in [2.05, 4.69) is 10.2 Å². The van der Waals surface area contributed by atoms with Gasteiger partial charge in [0.25, 0.3) is 0 Å². The minimum Gasteiger partial charge on any atom is -0.314 e. The van der Waals surface area contributed by atoms with Crippen LogP contribution in [0.1, 0.15) is 36.4 Å². The molecule has 2 nitrogen and oxygen atoms in total. The maximum atomic E-state index is 13.1. The fourth-order valence-corrected chi connectivity index (χ4v) is 3.69. The quantitative estimate of drug-likeness (QED) is 0.765. The van der Waals surface area contributed by atoms with Gasteiger partial charge < -0.3 is 5.32 Å². The van der Waals surface area contributed by atoms with E-state index >= 15 is 0 Å². The Labute approximate surface area is 157 Å². The molecule has 8 heteroatoms. The van der Waals surface area contributed by atoms with E-state index in [4.69, 9.17) is 11.6 Å². The number of hydrogen-bond acceptors (Lipinski definition) is 2. The molecular weight excluding hydrogens is 384 g/mol. The van der Waals surface area contributed by atoms with Crippen molar-refractivity contribution in [2.45, 2.75) is 31.5 Å². The maximum Gasteiger partial charge on any atom is 0.416 e. The number of halogens is 6. The third kappa shape index (κ3) is 4.92. The molecular formula is C16H22Cl3F3N2. The summed E-state index contributed by atoms with van der Waals surface area (Å²) in [5.74, 6) is 0.442. The molecule has 3 rings (SSSR count). The smallest absolute Gasteiger partial charge is 0.314 e. The third-order valence-corrected chi connectivity index (χ3v) is 4.95. The van der Waals surface area contributed by atoms with Gasteiger partial charge in [0.1, 0.15) is 0 Å². The molecule has 1 heterocycles. The van der Waals surface area contributed by atoms with Crippen molar-refractivity contribution in [1.82, 2.24) is 10.2 Å². The Balaban J connectivity index is 0.00000144. The molecule has 24 heavy (non-hydrogen) atoms. The molecule has 0 unspecified atom stereocenters. The van der Waals surface area contributed by atoms with E-state index in [-0.39, 0.29) is 35.9 Å². The Hall–Kier alpha value is -0.200. The van der Waals surface area contributed by atoms with Crippen LogP contribution in [0.25, 0.3) is 0 Å². The number of nitrogens with zero attached hydrogens (tertiary/aromatic N) is 1. The Morgan fingerprint density at radius 2 is 1.71 bits per heavy atom. The van der Waals surface area contributed by atoms with Crippen LogP contribution in [0.4, 0.5) is 13.2 Å². The lowest BCUT2D eigenvalue weighted by atomic mass is 9.76. The second-order valence-corrected chi connectivity index (χ2v) is 6.63. The van der Waals surface area contributed by atoms with Crippen molar-refractivity contribution in [3.63, 3.8) is 0 Å². The van der Waals surface area contributed by atoms with E-state index in [9.17, 15) is 13.2 Å². The van der Waals surface area contributed by atoms with Crippen LogP contribution >= 0.6 is 36.4 Å². The predicted molar refractivity (Wildman–Crippen MR) is 95.5 cm³/mol. The van der Waals surface area contributed by atoms with E-state index in [1.54, 1.807) is 6.07 Å². The molecule has 138 valence electrons. The second kappa shape index (κ2) is 8.95. The summed E-state index contributed by atoms with van der Waals surface area (Å²) in [6.07, 6.45) is -1.02. The summed E-state index contributed by atoms with van der Waals surface area (Å²) >= 11 is 5.97. The first-order valence-corrected chi connectivity index (χ1v) is 8.15. The lowest BCUT2D eigenvalue weighted by Gasteiger charge is -2.43. The number of nitrogens with one attached hydrogen (secondary N) is 1. The largest absolute Gasteiger partial charge is 0.416 e. The maximum absolute atomic E-state index is 13.1. The molecule has 0 amide bonds. The number of rotatable bonds is 3. The summed E-state index contributed by atoms with van der Waals surface area (Å²) in [6.45, 7) is 3.51. The lowest BCUT2D eigenvalue weighted by molar-refractivity contribution is -0.137. The van der Waals surface area contributed by atoms with Gasteiger partial charge in [-0.3, -0.25) is 4.90 Å². The standard InChI is InChI=1S/C16H20ClF3N2.2ClH/c17-14-9-12(8-13(10-14)16(18,19)20)15(11-2-1-3-11)22-6-4-21-5-7-22;;/h8-11,15,21H,1-7H2;2*1H/t15-;;/m1../s1. The molecule has 0 aromatic heterocycles. The highest BCUT2D eigenvalue weighted by Crippen LogP contribution is 2.43. The topological polar surface area (TPSA) is 15.3 Å². The fraction of sp³-hybridized carbons (Fsp3) is 0.625. The highest BCUT2D eigenvalue weighted by Gasteiger charge is 2.36. The van der Waals surface area contributed by atoms with Crippen LogP contribution in [-0.2, 0) is 6.18 Å². The van der Waals surface area contributed by atoms with Gasteiger partial charge in [-0.05, 0) is 42.5 Å². The van der Waals surface area contributed by atoms with Crippen LogP contribution in [0.5, 0.6) is 0 Å². The molecule has 1 saturated heterocycles. The summed E-state index contributed by atoms with van der Waals surface area (Å²) in [5.41, 5.74) is 0.0703. The molecule has 1 N–H and O–H groups in total. The van der Waals surface area contributed by atoms with Gasteiger partial charge in [-0.15, -0.1) is 24.8 Å². The molecule has 1 saturated carbocycles. The first-order chi connectivity index (χ1) is 10.4. The van der Waals surface area contributed by atoms with Crippen LogP contribution in [0.2, 0.25) is 5.02 Å². The zero-order valence-electron chi connectivity index (χ0n) is 13.1. The van der Waals surface area contributed by atoms with E-state index in [1.807, 2.05) is 0 Å². The third-order valence-electron chi connectivity index (χ3n) is 4.73. The van der Waals surface area contributed by atoms with Gasteiger partial charge in [0.05, 0.1) is 5.56 Å². The van der Waals surface area contributed by atoms with Crippen molar-refractivity contribution in [2.75, 3.05) is 26.2 Å². The molecule has 0 radical (unpaired) electrons. The Morgan fingerprint density at radius 1 is 1.08 bits per heavy atom. The van der Waals surface area contributed by atoms with E-state index in [0.29, 0.717) is 11.5 Å². The summed E-state index contributed by atoms with van der Waals surface area (Å²) < 4.78 is 39.2. The van der Waals surface area contributed by atoms with E-state index in [1.165, 1.54) is 12.5 Å². The normalized spacial score (nSPS) is 20.5. The molecule has 0 bridgehead atoms. The van der Waals surface area contributed by atoms with Gasteiger partial charge in [-0.2, -0.15) is 13.2 Å². The fourth-order valence-electron chi connectivity index (χ4n) is 3.44. The number of benzene rings is 1. The molecule has 1 aliphatic carbocycles. The molecule has 1 aromatic rings. The van der Waals surface area contributed by atoms with Crippen molar-refractivity contribution in [2.24, 2.45) is 5.92 Å². The first kappa shape index (κ1) is 21.8. The van der Waals surface area contributed by atoms with Crippen molar-refractivity contribution < 1.29 is 13.2 Å². The predicted octanol–water partition coefficient (Wildman–Crippen LogP) is 4.95. The molecule has 2 aliphatic rings. The summed E-state index contributed by atoms with van der Waals surface area (Å²) in [6, 6.07) is 4.06. The monoisotopic (exact) mass is 404 g/mol. The van der Waals surface area contributed by atoms with Gasteiger partial charge >= 0.3 is 6.18 Å². The van der Waals surface area contributed by atoms with Gasteiger partial charge in [0.2, 0.25) is 0 Å². The molecule has 1 atom stereocenters. The number of alkyl halides is 3. The average molecular weight is 406 g/mol. The minimum atomic E-state index is -4.35. The highest BCUT2D eigenvalue weighted by molar-refractivity contribution is 6.30. The first-order valence-electron chi connectivity index (χ1n) is 7.77. The Bertz CT molecular complexity index is 530. The minimum absolute atomic E-state index is 0. The Kier molecular flexibility index (Phi) is 8.14. The second-order valence-electron chi connectivity index (χ2n) is 6.19. The molecule has 1 aromatic carbocycles. The number of piperazine rings is 1. The van der Waals surface area contributed by atoms with Crippen molar-refractivity contribution in [3.05, 3.63) is 34.3 Å². The zero-order chi connectivity index (χ0) is 15.7. The van der Waals surface area contributed by atoms with Crippen LogP contribution < -0.4 is 5.32 Å². The van der Waals surface area contributed by atoms with E-state index in [0.717, 1.165) is 45.1 Å². The van der Waals surface area contributed by atoms with Gasteiger partial charge in [0.15, 0.2) is 0 Å². The summed E-state index contributed by atoms with van der Waals surface area (Å²) in [4.78, 5) is 2.31.